The van der Waals surface area contributed by atoms with E-state index in [9.17, 15) is 19.7 Å². The molecular formula is C34H42BNO5. The maximum atomic E-state index is 13.9. The Kier molecular flexibility index (Phi) is 8.11. The number of aromatic hydroxyl groups is 1. The molecule has 7 heteroatoms. The number of phenolic OH excluding ortho intramolecular Hbond substituents is 1. The lowest BCUT2D eigenvalue weighted by Gasteiger charge is -2.43. The minimum absolute atomic E-state index is 0.00856. The van der Waals surface area contributed by atoms with E-state index in [4.69, 9.17) is 4.65 Å². The third kappa shape index (κ3) is 5.16. The molecule has 216 valence electrons. The van der Waals surface area contributed by atoms with Crippen LogP contribution in [0.15, 0.2) is 53.1 Å². The van der Waals surface area contributed by atoms with Gasteiger partial charge in [-0.15, -0.1) is 0 Å². The summed E-state index contributed by atoms with van der Waals surface area (Å²) in [6.45, 7) is 4.29. The zero-order chi connectivity index (χ0) is 28.7. The zero-order valence-corrected chi connectivity index (χ0v) is 24.4. The highest BCUT2D eigenvalue weighted by molar-refractivity contribution is 6.43. The normalized spacial score (nSPS) is 27.5. The Hall–Kier alpha value is -2.90. The molecule has 2 amide bonds. The molecule has 6 rings (SSSR count). The Morgan fingerprint density at radius 3 is 2.51 bits per heavy atom. The molecule has 0 radical (unpaired) electrons. The molecule has 2 aromatic carbocycles. The van der Waals surface area contributed by atoms with Crippen LogP contribution in [0.1, 0.15) is 83.6 Å². The van der Waals surface area contributed by atoms with Gasteiger partial charge in [0.1, 0.15) is 5.75 Å². The number of hydrogen-bond donors (Lipinski definition) is 2. The Morgan fingerprint density at radius 2 is 1.78 bits per heavy atom. The predicted octanol–water partition coefficient (Wildman–Crippen LogP) is 6.66. The van der Waals surface area contributed by atoms with Gasteiger partial charge in [-0.2, -0.15) is 0 Å². The van der Waals surface area contributed by atoms with Crippen LogP contribution in [0.2, 0.25) is 6.32 Å². The zero-order valence-electron chi connectivity index (χ0n) is 24.4. The van der Waals surface area contributed by atoms with Crippen LogP contribution in [-0.4, -0.2) is 46.1 Å². The number of hydrogen-bond acceptors (Lipinski definition) is 5. The van der Waals surface area contributed by atoms with Crippen LogP contribution in [-0.2, 0) is 14.2 Å². The van der Waals surface area contributed by atoms with Crippen molar-refractivity contribution in [1.82, 2.24) is 4.90 Å². The number of nitrogens with zero attached hydrogens (tertiary/aromatic N) is 1. The molecule has 0 aromatic heterocycles. The highest BCUT2D eigenvalue weighted by atomic mass is 16.5. The van der Waals surface area contributed by atoms with Crippen LogP contribution in [0.3, 0.4) is 0 Å². The number of allylic oxidation sites excluding steroid dienone is 2. The van der Waals surface area contributed by atoms with Crippen LogP contribution < -0.4 is 0 Å². The third-order valence-electron chi connectivity index (χ3n) is 10.2. The van der Waals surface area contributed by atoms with Gasteiger partial charge in [-0.1, -0.05) is 80.7 Å². The lowest BCUT2D eigenvalue weighted by atomic mass is 9.58. The molecule has 2 heterocycles. The van der Waals surface area contributed by atoms with E-state index in [0.717, 1.165) is 61.3 Å². The van der Waals surface area contributed by atoms with E-state index in [1.807, 2.05) is 30.3 Å². The van der Waals surface area contributed by atoms with Crippen molar-refractivity contribution in [2.24, 2.45) is 17.8 Å². The molecule has 4 atom stereocenters. The number of carbonyl (C=O) groups is 2. The van der Waals surface area contributed by atoms with E-state index in [0.29, 0.717) is 19.2 Å². The summed E-state index contributed by atoms with van der Waals surface area (Å²) in [5, 5.41) is 23.0. The molecule has 2 aliphatic heterocycles. The number of fused-ring (bicyclic) bond motifs is 4. The summed E-state index contributed by atoms with van der Waals surface area (Å²) in [7, 11) is -0.938. The van der Waals surface area contributed by atoms with Gasteiger partial charge < -0.3 is 14.8 Å². The fourth-order valence-electron chi connectivity index (χ4n) is 8.15. The first-order valence-electron chi connectivity index (χ1n) is 15.7. The van der Waals surface area contributed by atoms with E-state index < -0.39 is 7.12 Å². The van der Waals surface area contributed by atoms with Crippen molar-refractivity contribution in [2.75, 3.05) is 0 Å². The first-order valence-corrected chi connectivity index (χ1v) is 15.7. The maximum Gasteiger partial charge on any atom is 0.455 e. The molecular weight excluding hydrogens is 513 g/mol. The van der Waals surface area contributed by atoms with Gasteiger partial charge in [-0.25, -0.2) is 0 Å². The fraction of sp³-hybridized carbons (Fsp3) is 0.529. The number of likely N-dealkylation sites (tertiary alicyclic amines) is 1. The lowest BCUT2D eigenvalue weighted by Crippen LogP contribution is -2.46. The molecule has 0 bridgehead atoms. The lowest BCUT2D eigenvalue weighted by molar-refractivity contribution is -0.143. The average molecular weight is 556 g/mol. The highest BCUT2D eigenvalue weighted by Crippen LogP contribution is 2.52. The highest BCUT2D eigenvalue weighted by Gasteiger charge is 2.58. The van der Waals surface area contributed by atoms with E-state index >= 15 is 0 Å². The monoisotopic (exact) mass is 555 g/mol. The maximum absolute atomic E-state index is 13.9. The average Bonchev–Trinajstić information content (AvgIpc) is 3.25. The molecule has 0 spiro atoms. The molecule has 1 saturated carbocycles. The van der Waals surface area contributed by atoms with Gasteiger partial charge in [0.2, 0.25) is 11.8 Å². The topological polar surface area (TPSA) is 87.1 Å². The second kappa shape index (κ2) is 11.8. The number of amides is 2. The van der Waals surface area contributed by atoms with Gasteiger partial charge >= 0.3 is 7.12 Å². The summed E-state index contributed by atoms with van der Waals surface area (Å²) in [5.74, 6) is -0.522. The van der Waals surface area contributed by atoms with Crippen molar-refractivity contribution >= 4 is 35.8 Å². The smallest absolute Gasteiger partial charge is 0.455 e. The SMILES string of the molecule is CCC1=C2[C@@H](CC/C(=C/c3ccc(O)c4ccccc34)CC)OB(O)C[C@@H]2[C@@H]2C(=O)N(C3CCCCC3)C(=O)[C@@H]2C1. The summed E-state index contributed by atoms with van der Waals surface area (Å²) >= 11 is 0. The van der Waals surface area contributed by atoms with Gasteiger partial charge in [-0.3, -0.25) is 14.5 Å². The molecule has 4 aliphatic rings. The Morgan fingerprint density at radius 1 is 1.02 bits per heavy atom. The molecule has 2 saturated heterocycles. The van der Waals surface area contributed by atoms with Gasteiger partial charge in [-0.05, 0) is 79.8 Å². The van der Waals surface area contributed by atoms with Crippen LogP contribution in [0.4, 0.5) is 0 Å². The van der Waals surface area contributed by atoms with Crippen molar-refractivity contribution < 1.29 is 24.4 Å². The van der Waals surface area contributed by atoms with Crippen LogP contribution in [0.5, 0.6) is 5.75 Å². The Bertz CT molecular complexity index is 1390. The summed E-state index contributed by atoms with van der Waals surface area (Å²) < 4.78 is 6.20. The van der Waals surface area contributed by atoms with Gasteiger partial charge in [0.05, 0.1) is 17.9 Å². The fourth-order valence-corrected chi connectivity index (χ4v) is 8.15. The molecule has 2 aromatic rings. The van der Waals surface area contributed by atoms with Crippen molar-refractivity contribution in [3.8, 4) is 5.75 Å². The van der Waals surface area contributed by atoms with Crippen LogP contribution in [0.25, 0.3) is 16.8 Å². The first-order chi connectivity index (χ1) is 19.9. The summed E-state index contributed by atoms with van der Waals surface area (Å²) in [6.07, 6.45) is 11.3. The number of rotatable bonds is 7. The summed E-state index contributed by atoms with van der Waals surface area (Å²) in [4.78, 5) is 29.2. The predicted molar refractivity (Wildman–Crippen MR) is 162 cm³/mol. The molecule has 0 unspecified atom stereocenters. The van der Waals surface area contributed by atoms with Crippen molar-refractivity contribution in [2.45, 2.75) is 96.5 Å². The van der Waals surface area contributed by atoms with E-state index in [1.54, 1.807) is 11.0 Å². The van der Waals surface area contributed by atoms with Crippen molar-refractivity contribution in [3.63, 3.8) is 0 Å². The third-order valence-corrected chi connectivity index (χ3v) is 10.2. The molecule has 41 heavy (non-hydrogen) atoms. The summed E-state index contributed by atoms with van der Waals surface area (Å²) in [6, 6.07) is 11.6. The van der Waals surface area contributed by atoms with Crippen LogP contribution in [0, 0.1) is 17.8 Å². The minimum Gasteiger partial charge on any atom is -0.507 e. The first kappa shape index (κ1) is 28.2. The van der Waals surface area contributed by atoms with Crippen molar-refractivity contribution in [1.29, 1.82) is 0 Å². The Labute approximate surface area is 243 Å². The second-order valence-corrected chi connectivity index (χ2v) is 12.4. The number of benzene rings is 2. The number of phenols is 1. The molecule has 2 N–H and O–H groups in total. The second-order valence-electron chi connectivity index (χ2n) is 12.4. The molecule has 2 aliphatic carbocycles. The molecule has 6 nitrogen and oxygen atoms in total. The van der Waals surface area contributed by atoms with E-state index in [-0.39, 0.29) is 47.5 Å². The number of imide groups is 1. The molecule has 3 fully saturated rings. The van der Waals surface area contributed by atoms with Gasteiger partial charge in [0.15, 0.2) is 0 Å². The van der Waals surface area contributed by atoms with Gasteiger partial charge in [0.25, 0.3) is 0 Å². The largest absolute Gasteiger partial charge is 0.507 e. The van der Waals surface area contributed by atoms with Crippen LogP contribution >= 0.6 is 0 Å². The van der Waals surface area contributed by atoms with E-state index in [1.165, 1.54) is 23.1 Å². The summed E-state index contributed by atoms with van der Waals surface area (Å²) in [5.41, 5.74) is 4.76. The minimum atomic E-state index is -0.938. The quantitative estimate of drug-likeness (QED) is 0.227. The standard InChI is InChI=1S/C34H42BNO5/c1-3-21(18-23-15-16-29(37)26-13-9-8-12-25(23)26)14-17-30-31-22(4-2)19-27-32(28(31)20-35(40)41-30)34(39)36(33(27)38)24-10-6-5-7-11-24/h8-9,12-13,15-16,18,24,27-28,30,32,37,40H,3-7,10-11,14,17,19-20H2,1-2H3/b21-18+/t27-,28+,30-,32-/m1/s1. The Balaban J connectivity index is 1.26. The van der Waals surface area contributed by atoms with E-state index in [2.05, 4.69) is 19.9 Å². The number of carbonyl (C=O) groups excluding carboxylic acids is 2. The van der Waals surface area contributed by atoms with Crippen molar-refractivity contribution in [3.05, 3.63) is 58.7 Å². The van der Waals surface area contributed by atoms with Gasteiger partial charge in [0, 0.05) is 11.4 Å².